The monoisotopic (exact) mass is 342 g/mol. The van der Waals surface area contributed by atoms with Crippen molar-refractivity contribution in [3.05, 3.63) is 39.8 Å². The van der Waals surface area contributed by atoms with E-state index in [4.69, 9.17) is 16.0 Å². The molecule has 3 nitrogen and oxygen atoms in total. The van der Waals surface area contributed by atoms with Gasteiger partial charge >= 0.3 is 0 Å². The summed E-state index contributed by atoms with van der Waals surface area (Å²) in [5.41, 5.74) is 0.858. The number of rotatable bonds is 6. The van der Waals surface area contributed by atoms with Gasteiger partial charge in [-0.3, -0.25) is 0 Å². The maximum absolute atomic E-state index is 6.16. The number of oxazole rings is 1. The molecule has 0 amide bonds. The van der Waals surface area contributed by atoms with Gasteiger partial charge in [0.2, 0.25) is 0 Å². The quantitative estimate of drug-likeness (QED) is 0.795. The van der Waals surface area contributed by atoms with E-state index >= 15 is 0 Å². The molecule has 0 saturated carbocycles. The van der Waals surface area contributed by atoms with Crippen LogP contribution in [0.1, 0.15) is 19.2 Å². The third kappa shape index (κ3) is 4.06. The van der Waals surface area contributed by atoms with Crippen LogP contribution in [0.4, 0.5) is 0 Å². The molecule has 0 bridgehead atoms. The van der Waals surface area contributed by atoms with E-state index in [9.17, 15) is 0 Å². The van der Waals surface area contributed by atoms with Crippen LogP contribution >= 0.6 is 27.5 Å². The van der Waals surface area contributed by atoms with E-state index < -0.39 is 0 Å². The zero-order chi connectivity index (χ0) is 13.7. The van der Waals surface area contributed by atoms with Crippen molar-refractivity contribution < 1.29 is 4.42 Å². The van der Waals surface area contributed by atoms with E-state index in [2.05, 4.69) is 33.2 Å². The summed E-state index contributed by atoms with van der Waals surface area (Å²) >= 11 is 9.59. The Bertz CT molecular complexity index is 542. The maximum atomic E-state index is 6.16. The molecule has 0 atom stereocenters. The second-order valence-corrected chi connectivity index (χ2v) is 5.57. The number of hydrogen-bond donors (Lipinski definition) is 1. The lowest BCUT2D eigenvalue weighted by atomic mass is 10.2. The van der Waals surface area contributed by atoms with Crippen molar-refractivity contribution in [2.45, 2.75) is 19.8 Å². The van der Waals surface area contributed by atoms with E-state index in [-0.39, 0.29) is 0 Å². The van der Waals surface area contributed by atoms with Gasteiger partial charge in [-0.2, -0.15) is 0 Å². The fourth-order valence-electron chi connectivity index (χ4n) is 1.73. The zero-order valence-electron chi connectivity index (χ0n) is 10.7. The predicted octanol–water partition coefficient (Wildman–Crippen LogP) is 4.30. The van der Waals surface area contributed by atoms with Gasteiger partial charge in [0.25, 0.3) is 0 Å². The third-order valence-corrected chi connectivity index (χ3v) is 3.51. The normalized spacial score (nSPS) is 10.9. The standard InChI is InChI=1S/C14H16BrClN2O/c1-2-6-17-7-5-14-18-9-13(19-14)11-8-10(15)3-4-12(11)16/h3-4,8-9,17H,2,5-7H2,1H3. The molecule has 0 aliphatic heterocycles. The average Bonchev–Trinajstić information content (AvgIpc) is 2.86. The molecule has 102 valence electrons. The Labute approximate surface area is 126 Å². The van der Waals surface area contributed by atoms with Gasteiger partial charge in [0.1, 0.15) is 0 Å². The highest BCUT2D eigenvalue weighted by atomic mass is 79.9. The molecule has 0 aliphatic carbocycles. The Morgan fingerprint density at radius 3 is 3.00 bits per heavy atom. The van der Waals surface area contributed by atoms with Crippen molar-refractivity contribution in [1.29, 1.82) is 0 Å². The van der Waals surface area contributed by atoms with Gasteiger partial charge in [0.15, 0.2) is 11.7 Å². The Hall–Kier alpha value is -0.840. The molecule has 0 fully saturated rings. The van der Waals surface area contributed by atoms with Crippen LogP contribution in [0.25, 0.3) is 11.3 Å². The van der Waals surface area contributed by atoms with Crippen molar-refractivity contribution in [2.75, 3.05) is 13.1 Å². The minimum Gasteiger partial charge on any atom is -0.441 e. The first-order valence-electron chi connectivity index (χ1n) is 6.31. The van der Waals surface area contributed by atoms with Gasteiger partial charge in [0.05, 0.1) is 11.2 Å². The fraction of sp³-hybridized carbons (Fsp3) is 0.357. The predicted molar refractivity (Wildman–Crippen MR) is 81.5 cm³/mol. The first-order chi connectivity index (χ1) is 9.20. The molecule has 0 aliphatic rings. The van der Waals surface area contributed by atoms with Crippen LogP contribution in [0, 0.1) is 0 Å². The number of benzene rings is 1. The highest BCUT2D eigenvalue weighted by Gasteiger charge is 2.10. The van der Waals surface area contributed by atoms with Crippen molar-refractivity contribution in [3.63, 3.8) is 0 Å². The van der Waals surface area contributed by atoms with Gasteiger partial charge in [-0.1, -0.05) is 34.5 Å². The second kappa shape index (κ2) is 7.08. The number of hydrogen-bond acceptors (Lipinski definition) is 3. The van der Waals surface area contributed by atoms with E-state index in [1.54, 1.807) is 6.20 Å². The van der Waals surface area contributed by atoms with E-state index in [1.807, 2.05) is 18.2 Å². The van der Waals surface area contributed by atoms with Gasteiger partial charge in [-0.05, 0) is 31.2 Å². The SMILES string of the molecule is CCCNCCc1ncc(-c2cc(Br)ccc2Cl)o1. The smallest absolute Gasteiger partial charge is 0.196 e. The van der Waals surface area contributed by atoms with Crippen molar-refractivity contribution >= 4 is 27.5 Å². The molecule has 0 spiro atoms. The van der Waals surface area contributed by atoms with Crippen LogP contribution in [-0.2, 0) is 6.42 Å². The first-order valence-corrected chi connectivity index (χ1v) is 7.48. The lowest BCUT2D eigenvalue weighted by Crippen LogP contribution is -2.17. The highest BCUT2D eigenvalue weighted by Crippen LogP contribution is 2.31. The Kier molecular flexibility index (Phi) is 5.43. The third-order valence-electron chi connectivity index (χ3n) is 2.69. The van der Waals surface area contributed by atoms with Crippen LogP contribution in [0.3, 0.4) is 0 Å². The van der Waals surface area contributed by atoms with E-state index in [0.29, 0.717) is 10.8 Å². The molecule has 0 saturated heterocycles. The van der Waals surface area contributed by atoms with Gasteiger partial charge in [0, 0.05) is 23.0 Å². The summed E-state index contributed by atoms with van der Waals surface area (Å²) in [6, 6.07) is 5.67. The lowest BCUT2D eigenvalue weighted by molar-refractivity contribution is 0.495. The lowest BCUT2D eigenvalue weighted by Gasteiger charge is -2.01. The molecule has 2 rings (SSSR count). The van der Waals surface area contributed by atoms with Crippen molar-refractivity contribution in [2.24, 2.45) is 0 Å². The summed E-state index contributed by atoms with van der Waals surface area (Å²) in [6.07, 6.45) is 3.64. The Balaban J connectivity index is 2.06. The molecule has 19 heavy (non-hydrogen) atoms. The largest absolute Gasteiger partial charge is 0.441 e. The molecule has 0 radical (unpaired) electrons. The topological polar surface area (TPSA) is 38.1 Å². The summed E-state index contributed by atoms with van der Waals surface area (Å²) in [7, 11) is 0. The van der Waals surface area contributed by atoms with Crippen LogP contribution in [-0.4, -0.2) is 18.1 Å². The average molecular weight is 344 g/mol. The van der Waals surface area contributed by atoms with Crippen LogP contribution in [0.5, 0.6) is 0 Å². The number of nitrogens with one attached hydrogen (secondary N) is 1. The molecule has 1 aromatic heterocycles. The number of aromatic nitrogens is 1. The first kappa shape index (κ1) is 14.6. The summed E-state index contributed by atoms with van der Waals surface area (Å²) in [5.74, 6) is 1.44. The fourth-order valence-corrected chi connectivity index (χ4v) is 2.31. The minimum atomic E-state index is 0.662. The Morgan fingerprint density at radius 2 is 2.21 bits per heavy atom. The molecular weight excluding hydrogens is 328 g/mol. The Morgan fingerprint density at radius 1 is 1.37 bits per heavy atom. The second-order valence-electron chi connectivity index (χ2n) is 4.24. The zero-order valence-corrected chi connectivity index (χ0v) is 13.1. The summed E-state index contributed by atoms with van der Waals surface area (Å²) in [4.78, 5) is 4.28. The molecule has 1 aromatic carbocycles. The number of halogens is 2. The van der Waals surface area contributed by atoms with Crippen molar-refractivity contribution in [1.82, 2.24) is 10.3 Å². The van der Waals surface area contributed by atoms with Gasteiger partial charge < -0.3 is 9.73 Å². The molecule has 5 heteroatoms. The molecule has 2 aromatic rings. The molecular formula is C14H16BrClN2O. The summed E-state index contributed by atoms with van der Waals surface area (Å²) in [6.45, 7) is 4.04. The van der Waals surface area contributed by atoms with Gasteiger partial charge in [-0.15, -0.1) is 0 Å². The highest BCUT2D eigenvalue weighted by molar-refractivity contribution is 9.10. The summed E-state index contributed by atoms with van der Waals surface area (Å²) in [5, 5.41) is 3.98. The van der Waals surface area contributed by atoms with Crippen LogP contribution in [0.2, 0.25) is 5.02 Å². The van der Waals surface area contributed by atoms with E-state index in [0.717, 1.165) is 41.9 Å². The van der Waals surface area contributed by atoms with Crippen LogP contribution < -0.4 is 5.32 Å². The van der Waals surface area contributed by atoms with Crippen molar-refractivity contribution in [3.8, 4) is 11.3 Å². The number of nitrogens with zero attached hydrogens (tertiary/aromatic N) is 1. The minimum absolute atomic E-state index is 0.662. The maximum Gasteiger partial charge on any atom is 0.196 e. The van der Waals surface area contributed by atoms with Gasteiger partial charge in [-0.25, -0.2) is 4.98 Å². The molecule has 1 heterocycles. The molecule has 0 unspecified atom stereocenters. The molecule has 1 N–H and O–H groups in total. The summed E-state index contributed by atoms with van der Waals surface area (Å²) < 4.78 is 6.70. The van der Waals surface area contributed by atoms with E-state index in [1.165, 1.54) is 0 Å². The van der Waals surface area contributed by atoms with Crippen LogP contribution in [0.15, 0.2) is 33.3 Å².